The number of nitrogens with zero attached hydrogens (tertiary/aromatic N) is 1. The van der Waals surface area contributed by atoms with Crippen LogP contribution in [0.4, 0.5) is 0 Å². The molecule has 0 amide bonds. The van der Waals surface area contributed by atoms with Crippen LogP contribution in [-0.2, 0) is 7.05 Å². The number of oxazole rings is 1. The first-order valence-electron chi connectivity index (χ1n) is 4.58. The van der Waals surface area contributed by atoms with Crippen molar-refractivity contribution in [2.75, 3.05) is 7.05 Å². The molecule has 0 fully saturated rings. The summed E-state index contributed by atoms with van der Waals surface area (Å²) in [5, 5.41) is 2.95. The number of aromatic nitrogens is 1. The Morgan fingerprint density at radius 2 is 2.27 bits per heavy atom. The molecule has 1 aromatic carbocycles. The Bertz CT molecular complexity index is 544. The van der Waals surface area contributed by atoms with E-state index in [1.54, 1.807) is 7.05 Å². The molecule has 4 nitrogen and oxygen atoms in total. The molecular weight excluding hydrogens is 212 g/mol. The van der Waals surface area contributed by atoms with Crippen molar-refractivity contribution >= 4 is 23.7 Å². The zero-order valence-electron chi connectivity index (χ0n) is 8.52. The first-order valence-corrected chi connectivity index (χ1v) is 5.10. The molecule has 2 aromatic rings. The number of benzene rings is 1. The van der Waals surface area contributed by atoms with E-state index in [-0.39, 0.29) is 11.1 Å². The Labute approximate surface area is 92.3 Å². The van der Waals surface area contributed by atoms with Gasteiger partial charge in [0.05, 0.1) is 10.9 Å². The smallest absolute Gasteiger partial charge is 0.408 e. The molecule has 1 unspecified atom stereocenters. The van der Waals surface area contributed by atoms with Crippen molar-refractivity contribution in [3.63, 3.8) is 0 Å². The minimum Gasteiger partial charge on any atom is -0.408 e. The topological polar surface area (TPSA) is 47.2 Å². The number of aryl methyl sites for hydroxylation is 1. The van der Waals surface area contributed by atoms with E-state index in [1.165, 1.54) is 4.57 Å². The summed E-state index contributed by atoms with van der Waals surface area (Å²) in [6.45, 7) is 0. The van der Waals surface area contributed by atoms with Gasteiger partial charge in [-0.15, -0.1) is 0 Å². The van der Waals surface area contributed by atoms with Crippen molar-refractivity contribution in [1.29, 1.82) is 0 Å². The van der Waals surface area contributed by atoms with Gasteiger partial charge in [0.15, 0.2) is 5.58 Å². The first-order chi connectivity index (χ1) is 7.13. The number of fused-ring (bicyclic) bond motifs is 1. The maximum atomic E-state index is 11.3. The van der Waals surface area contributed by atoms with E-state index in [0.29, 0.717) is 5.58 Å². The Kier molecular flexibility index (Phi) is 2.58. The third kappa shape index (κ3) is 1.68. The molecule has 0 bridgehead atoms. The van der Waals surface area contributed by atoms with Crippen LogP contribution < -0.4 is 11.1 Å². The van der Waals surface area contributed by atoms with Gasteiger partial charge in [-0.2, -0.15) is 12.6 Å². The molecule has 0 aliphatic heterocycles. The Balaban J connectivity index is 2.62. The maximum Gasteiger partial charge on any atom is 0.419 e. The highest BCUT2D eigenvalue weighted by Gasteiger charge is 2.09. The lowest BCUT2D eigenvalue weighted by Gasteiger charge is -2.08. The van der Waals surface area contributed by atoms with Gasteiger partial charge in [0.2, 0.25) is 0 Å². The number of rotatable bonds is 2. The molecule has 0 saturated heterocycles. The zero-order chi connectivity index (χ0) is 11.0. The molecule has 0 spiro atoms. The number of thiol groups is 1. The van der Waals surface area contributed by atoms with Crippen LogP contribution in [0, 0.1) is 0 Å². The van der Waals surface area contributed by atoms with Crippen LogP contribution in [-0.4, -0.2) is 11.6 Å². The van der Waals surface area contributed by atoms with Crippen LogP contribution in [0.15, 0.2) is 27.4 Å². The molecule has 0 aliphatic carbocycles. The third-order valence-electron chi connectivity index (χ3n) is 2.41. The molecule has 15 heavy (non-hydrogen) atoms. The van der Waals surface area contributed by atoms with Gasteiger partial charge in [0, 0.05) is 7.05 Å². The van der Waals surface area contributed by atoms with Gasteiger partial charge in [-0.25, -0.2) is 4.79 Å². The Morgan fingerprint density at radius 1 is 1.53 bits per heavy atom. The van der Waals surface area contributed by atoms with Gasteiger partial charge in [0.25, 0.3) is 0 Å². The lowest BCUT2D eigenvalue weighted by molar-refractivity contribution is 0.527. The fraction of sp³-hybridized carbons (Fsp3) is 0.300. The molecule has 1 N–H and O–H groups in total. The molecule has 1 aromatic heterocycles. The maximum absolute atomic E-state index is 11.3. The minimum absolute atomic E-state index is 0.0556. The summed E-state index contributed by atoms with van der Waals surface area (Å²) in [4.78, 5) is 11.3. The van der Waals surface area contributed by atoms with E-state index >= 15 is 0 Å². The van der Waals surface area contributed by atoms with Crippen molar-refractivity contribution in [3.8, 4) is 0 Å². The predicted molar refractivity (Wildman–Crippen MR) is 62.2 cm³/mol. The molecule has 80 valence electrons. The van der Waals surface area contributed by atoms with Crippen LogP contribution in [0.25, 0.3) is 11.1 Å². The Morgan fingerprint density at radius 3 is 2.93 bits per heavy atom. The fourth-order valence-corrected chi connectivity index (χ4v) is 1.65. The second-order valence-electron chi connectivity index (χ2n) is 3.35. The average molecular weight is 224 g/mol. The third-order valence-corrected chi connectivity index (χ3v) is 2.96. The van der Waals surface area contributed by atoms with E-state index in [4.69, 9.17) is 4.42 Å². The normalized spacial score (nSPS) is 13.3. The predicted octanol–water partition coefficient (Wildman–Crippen LogP) is 1.28. The van der Waals surface area contributed by atoms with Crippen LogP contribution >= 0.6 is 12.6 Å². The number of hydrogen-bond donors (Lipinski definition) is 2. The van der Waals surface area contributed by atoms with E-state index in [9.17, 15) is 4.79 Å². The summed E-state index contributed by atoms with van der Waals surface area (Å²) >= 11 is 4.34. The second kappa shape index (κ2) is 3.75. The summed E-state index contributed by atoms with van der Waals surface area (Å²) in [6.07, 6.45) is 0. The highest BCUT2D eigenvalue weighted by Crippen LogP contribution is 2.21. The largest absolute Gasteiger partial charge is 0.419 e. The van der Waals surface area contributed by atoms with Crippen LogP contribution in [0.5, 0.6) is 0 Å². The highest BCUT2D eigenvalue weighted by atomic mass is 32.1. The van der Waals surface area contributed by atoms with Gasteiger partial charge in [-0.05, 0) is 24.7 Å². The monoisotopic (exact) mass is 224 g/mol. The van der Waals surface area contributed by atoms with E-state index in [0.717, 1.165) is 11.1 Å². The lowest BCUT2D eigenvalue weighted by atomic mass is 10.2. The molecule has 1 heterocycles. The molecule has 0 aliphatic rings. The summed E-state index contributed by atoms with van der Waals surface area (Å²) < 4.78 is 6.56. The standard InChI is InChI=1S/C10H12N2O2S/c1-11-9(15)6-3-4-7-8(5-6)14-10(13)12(7)2/h3-5,9,11,15H,1-2H3. The van der Waals surface area contributed by atoms with Crippen LogP contribution in [0.2, 0.25) is 0 Å². The average Bonchev–Trinajstić information content (AvgIpc) is 2.53. The quantitative estimate of drug-likeness (QED) is 0.596. The number of hydrogen-bond acceptors (Lipinski definition) is 4. The van der Waals surface area contributed by atoms with E-state index < -0.39 is 0 Å². The summed E-state index contributed by atoms with van der Waals surface area (Å²) in [5.74, 6) is -0.345. The van der Waals surface area contributed by atoms with Crippen molar-refractivity contribution in [2.24, 2.45) is 7.05 Å². The number of nitrogens with one attached hydrogen (secondary N) is 1. The van der Waals surface area contributed by atoms with Crippen molar-refractivity contribution < 1.29 is 4.42 Å². The van der Waals surface area contributed by atoms with Crippen molar-refractivity contribution in [3.05, 3.63) is 34.3 Å². The highest BCUT2D eigenvalue weighted by molar-refractivity contribution is 7.80. The molecule has 1 atom stereocenters. The van der Waals surface area contributed by atoms with Crippen LogP contribution in [0.1, 0.15) is 10.9 Å². The van der Waals surface area contributed by atoms with E-state index in [2.05, 4.69) is 17.9 Å². The fourth-order valence-electron chi connectivity index (χ4n) is 1.49. The van der Waals surface area contributed by atoms with E-state index in [1.807, 2.05) is 25.2 Å². The first kappa shape index (κ1) is 10.3. The molecular formula is C10H12N2O2S. The second-order valence-corrected chi connectivity index (χ2v) is 3.86. The van der Waals surface area contributed by atoms with Gasteiger partial charge in [0.1, 0.15) is 0 Å². The molecule has 0 saturated carbocycles. The lowest BCUT2D eigenvalue weighted by Crippen LogP contribution is -2.10. The summed E-state index contributed by atoms with van der Waals surface area (Å²) in [5.41, 5.74) is 2.36. The molecule has 5 heteroatoms. The van der Waals surface area contributed by atoms with Gasteiger partial charge >= 0.3 is 5.76 Å². The minimum atomic E-state index is -0.345. The zero-order valence-corrected chi connectivity index (χ0v) is 9.41. The van der Waals surface area contributed by atoms with Crippen LogP contribution in [0.3, 0.4) is 0 Å². The van der Waals surface area contributed by atoms with Crippen molar-refractivity contribution in [2.45, 2.75) is 5.37 Å². The van der Waals surface area contributed by atoms with Gasteiger partial charge < -0.3 is 9.73 Å². The van der Waals surface area contributed by atoms with Gasteiger partial charge in [-0.3, -0.25) is 4.57 Å². The molecule has 2 rings (SSSR count). The Hall–Kier alpha value is -1.20. The van der Waals surface area contributed by atoms with Crippen molar-refractivity contribution in [1.82, 2.24) is 9.88 Å². The molecule has 0 radical (unpaired) electrons. The summed E-state index contributed by atoms with van der Waals surface area (Å²) in [6, 6.07) is 5.60. The summed E-state index contributed by atoms with van der Waals surface area (Å²) in [7, 11) is 3.51. The van der Waals surface area contributed by atoms with Gasteiger partial charge in [-0.1, -0.05) is 6.07 Å². The SMILES string of the molecule is CNC(S)c1ccc2c(c1)oc(=O)n2C.